The molecule has 0 aliphatic carbocycles. The molecule has 3 aromatic heterocycles. The van der Waals surface area contributed by atoms with Crippen LogP contribution in [-0.4, -0.2) is 9.94 Å². The molecule has 0 fully saturated rings. The number of benzene rings is 4. The maximum absolute atomic E-state index is 7.75. The summed E-state index contributed by atoms with van der Waals surface area (Å²) in [5, 5.41) is 6.41. The molecule has 0 bridgehead atoms. The molecule has 0 atom stereocenters. The van der Waals surface area contributed by atoms with Gasteiger partial charge < -0.3 is 9.25 Å². The van der Waals surface area contributed by atoms with Crippen molar-refractivity contribution in [2.24, 2.45) is 7.05 Å². The third-order valence-electron chi connectivity index (χ3n) is 8.37. The van der Waals surface area contributed by atoms with Gasteiger partial charge in [-0.3, -0.25) is 0 Å². The fourth-order valence-electron chi connectivity index (χ4n) is 6.50. The van der Waals surface area contributed by atoms with E-state index >= 15 is 0 Å². The Morgan fingerprint density at radius 2 is 1.66 bits per heavy atom. The van der Waals surface area contributed by atoms with Crippen LogP contribution < -0.4 is 4.57 Å². The summed E-state index contributed by atoms with van der Waals surface area (Å²) in [6.45, 7) is 16.3. The van der Waals surface area contributed by atoms with Crippen LogP contribution in [0.1, 0.15) is 30.5 Å². The van der Waals surface area contributed by atoms with E-state index in [0.29, 0.717) is 6.42 Å². The number of aryl methyl sites for hydroxylation is 3. The smallest absolute Gasteiger partial charge is 0.231 e. The van der Waals surface area contributed by atoms with Gasteiger partial charge in [0.15, 0.2) is 6.20 Å². The van der Waals surface area contributed by atoms with E-state index in [1.54, 1.807) is 0 Å². The largest absolute Gasteiger partial charge is 0.311 e. The van der Waals surface area contributed by atoms with Crippen molar-refractivity contribution in [2.75, 3.05) is 0 Å². The van der Waals surface area contributed by atoms with Crippen molar-refractivity contribution in [2.45, 2.75) is 39.7 Å². The topological polar surface area (TPSA) is 12.7 Å². The van der Waals surface area contributed by atoms with Crippen LogP contribution in [0.15, 0.2) is 79.0 Å². The summed E-state index contributed by atoms with van der Waals surface area (Å²) in [6, 6.07) is 26.7. The van der Waals surface area contributed by atoms with E-state index in [2.05, 4.69) is 114 Å². The zero-order chi connectivity index (χ0) is 26.3. The highest BCUT2D eigenvalue weighted by Crippen LogP contribution is 2.44. The Bertz CT molecular complexity index is 2100. The number of para-hydroxylation sites is 1. The van der Waals surface area contributed by atoms with Crippen LogP contribution in [0.5, 0.6) is 0 Å². The van der Waals surface area contributed by atoms with E-state index in [1.807, 2.05) is 13.8 Å². The second-order valence-corrected chi connectivity index (χ2v) is 11.4. The lowest BCUT2D eigenvalue weighted by molar-refractivity contribution is -0.643. The molecule has 38 heavy (non-hydrogen) atoms. The van der Waals surface area contributed by atoms with Crippen LogP contribution in [0.4, 0.5) is 0 Å². The molecule has 0 amide bonds. The van der Waals surface area contributed by atoms with E-state index in [1.165, 1.54) is 76.8 Å². The van der Waals surface area contributed by atoms with Gasteiger partial charge in [-0.1, -0.05) is 54.6 Å². The summed E-state index contributed by atoms with van der Waals surface area (Å²) in [6.07, 6.45) is 2.90. The minimum atomic E-state index is -0.452. The Balaban J connectivity index is 1.81. The summed E-state index contributed by atoms with van der Waals surface area (Å²) >= 11 is 0. The molecule has 0 N–H and O–H groups in total. The number of aromatic nitrogens is 2. The first kappa shape index (κ1) is 22.8. The average Bonchev–Trinajstić information content (AvgIpc) is 3.24. The number of hydrogen-bond acceptors (Lipinski definition) is 0. The fraction of sp³-hybridized carbons (Fsp3) is 0.200. The van der Waals surface area contributed by atoms with Gasteiger partial charge in [0.05, 0.1) is 33.7 Å². The van der Waals surface area contributed by atoms with Gasteiger partial charge in [-0.2, -0.15) is 0 Å². The maximum Gasteiger partial charge on any atom is 0.231 e. The van der Waals surface area contributed by atoms with Crippen LogP contribution in [-0.2, 0) is 13.5 Å². The van der Waals surface area contributed by atoms with Gasteiger partial charge in [0.2, 0.25) is 11.1 Å². The molecule has 0 aliphatic rings. The minimum absolute atomic E-state index is 0.452. The molecule has 0 saturated heterocycles. The maximum atomic E-state index is 7.75. The first-order valence-electron chi connectivity index (χ1n) is 13.3. The Hall–Kier alpha value is -4.42. The van der Waals surface area contributed by atoms with Crippen LogP contribution in [0, 0.1) is 20.4 Å². The van der Waals surface area contributed by atoms with E-state index < -0.39 is 5.54 Å². The SMILES string of the molecule is [C-]#[N+]C(C)(C)Cc1cc2cc[n+](C)c3c4c(C)c(C)cc5c6cccc(-c7ccccc7)c6n(c(c1)c23)c54. The number of nitrogens with zero attached hydrogens (tertiary/aromatic N) is 3. The van der Waals surface area contributed by atoms with E-state index in [0.717, 1.165) is 0 Å². The summed E-state index contributed by atoms with van der Waals surface area (Å²) in [5.74, 6) is 0. The molecule has 0 unspecified atom stereocenters. The quantitative estimate of drug-likeness (QED) is 0.102. The molecule has 7 aromatic rings. The Kier molecular flexibility index (Phi) is 4.66. The van der Waals surface area contributed by atoms with Crippen molar-refractivity contribution in [3.8, 4) is 11.1 Å². The lowest BCUT2D eigenvalue weighted by Crippen LogP contribution is -2.29. The van der Waals surface area contributed by atoms with Crippen LogP contribution in [0.3, 0.4) is 0 Å². The highest BCUT2D eigenvalue weighted by Gasteiger charge is 2.28. The summed E-state index contributed by atoms with van der Waals surface area (Å²) in [5.41, 5.74) is 10.9. The van der Waals surface area contributed by atoms with Crippen molar-refractivity contribution < 1.29 is 4.57 Å². The Labute approximate surface area is 222 Å². The van der Waals surface area contributed by atoms with Crippen LogP contribution in [0.25, 0.3) is 65.0 Å². The lowest BCUT2D eigenvalue weighted by atomic mass is 9.92. The van der Waals surface area contributed by atoms with Crippen molar-refractivity contribution in [3.05, 3.63) is 107 Å². The van der Waals surface area contributed by atoms with Gasteiger partial charge >= 0.3 is 0 Å². The standard InChI is InChI=1S/C35H30N3/c1-21-17-28-27-14-10-13-26(24-11-8-7-9-12-24)32(27)38-29-19-23(20-35(3,4)36-5)18-25-15-16-37(6)34(31(25)29)30(22(21)2)33(28)38/h7-19H,20H2,1-4,6H3/q+1. The minimum Gasteiger partial charge on any atom is -0.311 e. The lowest BCUT2D eigenvalue weighted by Gasteiger charge is -2.17. The second kappa shape index (κ2) is 7.79. The predicted molar refractivity (Wildman–Crippen MR) is 159 cm³/mol. The number of rotatable bonds is 3. The molecule has 0 saturated carbocycles. The molecule has 0 aliphatic heterocycles. The Morgan fingerprint density at radius 1 is 0.868 bits per heavy atom. The molecular weight excluding hydrogens is 462 g/mol. The van der Waals surface area contributed by atoms with Gasteiger partial charge in [-0.15, -0.1) is 0 Å². The summed E-state index contributed by atoms with van der Waals surface area (Å²) in [7, 11) is 2.16. The predicted octanol–water partition coefficient (Wildman–Crippen LogP) is 8.34. The zero-order valence-electron chi connectivity index (χ0n) is 22.6. The molecule has 0 radical (unpaired) electrons. The average molecular weight is 493 g/mol. The van der Waals surface area contributed by atoms with Gasteiger partial charge in [-0.05, 0) is 53.6 Å². The second-order valence-electron chi connectivity index (χ2n) is 11.4. The molecule has 3 heterocycles. The van der Waals surface area contributed by atoms with Crippen molar-refractivity contribution in [3.63, 3.8) is 0 Å². The summed E-state index contributed by atoms with van der Waals surface area (Å²) < 4.78 is 4.81. The van der Waals surface area contributed by atoms with Crippen LogP contribution >= 0.6 is 0 Å². The molecule has 3 nitrogen and oxygen atoms in total. The molecule has 184 valence electrons. The molecule has 4 aromatic carbocycles. The van der Waals surface area contributed by atoms with Gasteiger partial charge in [0.1, 0.15) is 7.05 Å². The third kappa shape index (κ3) is 3.04. The molecule has 3 heteroatoms. The van der Waals surface area contributed by atoms with E-state index in [-0.39, 0.29) is 0 Å². The van der Waals surface area contributed by atoms with E-state index in [9.17, 15) is 0 Å². The van der Waals surface area contributed by atoms with Crippen molar-refractivity contribution in [1.29, 1.82) is 0 Å². The number of hydrogen-bond donors (Lipinski definition) is 0. The van der Waals surface area contributed by atoms with Crippen LogP contribution in [0.2, 0.25) is 0 Å². The monoisotopic (exact) mass is 492 g/mol. The Morgan fingerprint density at radius 3 is 2.42 bits per heavy atom. The highest BCUT2D eigenvalue weighted by molar-refractivity contribution is 6.27. The zero-order valence-corrected chi connectivity index (χ0v) is 22.6. The highest BCUT2D eigenvalue weighted by atomic mass is 15.0. The van der Waals surface area contributed by atoms with E-state index in [4.69, 9.17) is 6.57 Å². The molecule has 7 rings (SSSR count). The molecule has 0 spiro atoms. The van der Waals surface area contributed by atoms with Gasteiger partial charge in [0, 0.05) is 36.2 Å². The van der Waals surface area contributed by atoms with Crippen molar-refractivity contribution in [1.82, 2.24) is 4.40 Å². The first-order valence-corrected chi connectivity index (χ1v) is 13.3. The van der Waals surface area contributed by atoms with Gasteiger partial charge in [0.25, 0.3) is 0 Å². The van der Waals surface area contributed by atoms with Crippen molar-refractivity contribution >= 4 is 49.0 Å². The normalized spacial score (nSPS) is 12.4. The number of pyridine rings is 2. The summed E-state index contributed by atoms with van der Waals surface area (Å²) in [4.78, 5) is 3.93. The number of fused-ring (bicyclic) bond motifs is 5. The third-order valence-corrected chi connectivity index (χ3v) is 8.37. The fourth-order valence-corrected chi connectivity index (χ4v) is 6.50. The first-order chi connectivity index (χ1) is 18.3. The molecular formula is C35H30N3+. The van der Waals surface area contributed by atoms with Gasteiger partial charge in [-0.25, -0.2) is 11.1 Å².